The number of rotatable bonds is 4. The van der Waals surface area contributed by atoms with E-state index >= 15 is 0 Å². The van der Waals surface area contributed by atoms with Gasteiger partial charge in [0.15, 0.2) is 0 Å². The molecule has 0 aliphatic carbocycles. The van der Waals surface area contributed by atoms with Gasteiger partial charge >= 0.3 is 0 Å². The lowest BCUT2D eigenvalue weighted by Crippen LogP contribution is -2.46. The van der Waals surface area contributed by atoms with Crippen LogP contribution in [-0.2, 0) is 6.42 Å². The van der Waals surface area contributed by atoms with E-state index in [1.165, 1.54) is 37.2 Å². The van der Waals surface area contributed by atoms with Crippen LogP contribution in [0.25, 0.3) is 0 Å². The highest BCUT2D eigenvalue weighted by atomic mass is 15.3. The highest BCUT2D eigenvalue weighted by molar-refractivity contribution is 5.26. The quantitative estimate of drug-likeness (QED) is 0.909. The Morgan fingerprint density at radius 1 is 1.19 bits per heavy atom. The first-order valence-electron chi connectivity index (χ1n) is 8.64. The molecule has 2 fully saturated rings. The molecular formula is C19H30N2. The van der Waals surface area contributed by atoms with Crippen molar-refractivity contribution in [3.8, 4) is 0 Å². The lowest BCUT2D eigenvalue weighted by molar-refractivity contribution is 0.0859. The Morgan fingerprint density at radius 2 is 1.90 bits per heavy atom. The van der Waals surface area contributed by atoms with Crippen molar-refractivity contribution in [2.45, 2.75) is 52.1 Å². The van der Waals surface area contributed by atoms with Crippen LogP contribution in [0.15, 0.2) is 24.3 Å². The molecule has 2 heteroatoms. The van der Waals surface area contributed by atoms with Crippen molar-refractivity contribution < 1.29 is 0 Å². The van der Waals surface area contributed by atoms with E-state index in [-0.39, 0.29) is 0 Å². The average Bonchev–Trinajstić information content (AvgIpc) is 3.04. The van der Waals surface area contributed by atoms with Crippen LogP contribution < -0.4 is 5.32 Å². The van der Waals surface area contributed by atoms with Gasteiger partial charge < -0.3 is 5.32 Å². The third kappa shape index (κ3) is 2.53. The molecule has 2 aliphatic heterocycles. The van der Waals surface area contributed by atoms with Gasteiger partial charge in [0, 0.05) is 24.7 Å². The number of aryl methyl sites for hydroxylation is 1. The molecule has 0 saturated carbocycles. The van der Waals surface area contributed by atoms with Gasteiger partial charge in [0.05, 0.1) is 0 Å². The number of hydrogen-bond donors (Lipinski definition) is 1. The number of nitrogens with one attached hydrogen (secondary N) is 1. The molecule has 0 bridgehead atoms. The standard InChI is InChI=1S/C19H30N2/c1-5-14-7-9-15(10-8-14)18(6-2)21-13-16-11-20-12-17(16)19(21,3)4/h7-10,16-18,20H,5-6,11-13H2,1-4H3. The minimum absolute atomic E-state index is 0.304. The van der Waals surface area contributed by atoms with E-state index in [4.69, 9.17) is 0 Å². The summed E-state index contributed by atoms with van der Waals surface area (Å²) in [7, 11) is 0. The van der Waals surface area contributed by atoms with Gasteiger partial charge in [-0.1, -0.05) is 38.1 Å². The molecule has 1 N–H and O–H groups in total. The van der Waals surface area contributed by atoms with Gasteiger partial charge in [-0.25, -0.2) is 0 Å². The molecule has 0 amide bonds. The number of nitrogens with zero attached hydrogens (tertiary/aromatic N) is 1. The van der Waals surface area contributed by atoms with Gasteiger partial charge in [0.25, 0.3) is 0 Å². The summed E-state index contributed by atoms with van der Waals surface area (Å²) < 4.78 is 0. The van der Waals surface area contributed by atoms with Gasteiger partial charge in [-0.05, 0) is 56.2 Å². The molecule has 0 radical (unpaired) electrons. The topological polar surface area (TPSA) is 15.3 Å². The molecule has 3 rings (SSSR count). The second-order valence-corrected chi connectivity index (χ2v) is 7.35. The second-order valence-electron chi connectivity index (χ2n) is 7.35. The highest BCUT2D eigenvalue weighted by Gasteiger charge is 2.51. The summed E-state index contributed by atoms with van der Waals surface area (Å²) >= 11 is 0. The largest absolute Gasteiger partial charge is 0.316 e. The molecule has 3 atom stereocenters. The molecule has 2 nitrogen and oxygen atoms in total. The number of fused-ring (bicyclic) bond motifs is 1. The van der Waals surface area contributed by atoms with E-state index in [9.17, 15) is 0 Å². The Morgan fingerprint density at radius 3 is 2.48 bits per heavy atom. The first-order valence-corrected chi connectivity index (χ1v) is 8.64. The van der Waals surface area contributed by atoms with Gasteiger partial charge in [0.1, 0.15) is 0 Å². The first kappa shape index (κ1) is 15.1. The van der Waals surface area contributed by atoms with Crippen LogP contribution in [0.5, 0.6) is 0 Å². The lowest BCUT2D eigenvalue weighted by atomic mass is 9.84. The Labute approximate surface area is 129 Å². The van der Waals surface area contributed by atoms with Crippen LogP contribution in [-0.4, -0.2) is 30.1 Å². The summed E-state index contributed by atoms with van der Waals surface area (Å²) in [4.78, 5) is 2.78. The molecule has 1 aromatic rings. The summed E-state index contributed by atoms with van der Waals surface area (Å²) in [6.07, 6.45) is 2.32. The zero-order chi connectivity index (χ0) is 15.0. The molecule has 3 unspecified atom stereocenters. The van der Waals surface area contributed by atoms with Gasteiger partial charge in [0.2, 0.25) is 0 Å². The Kier molecular flexibility index (Phi) is 4.11. The Balaban J connectivity index is 1.85. The van der Waals surface area contributed by atoms with Gasteiger partial charge in [-0.15, -0.1) is 0 Å². The van der Waals surface area contributed by atoms with Crippen molar-refractivity contribution in [1.29, 1.82) is 0 Å². The van der Waals surface area contributed by atoms with E-state index in [0.29, 0.717) is 11.6 Å². The third-order valence-electron chi connectivity index (χ3n) is 5.95. The predicted molar refractivity (Wildman–Crippen MR) is 89.5 cm³/mol. The number of hydrogen-bond acceptors (Lipinski definition) is 2. The molecule has 2 saturated heterocycles. The zero-order valence-corrected chi connectivity index (χ0v) is 14.0. The first-order chi connectivity index (χ1) is 10.1. The van der Waals surface area contributed by atoms with Crippen LogP contribution in [0.3, 0.4) is 0 Å². The molecule has 116 valence electrons. The van der Waals surface area contributed by atoms with Crippen LogP contribution >= 0.6 is 0 Å². The molecule has 0 spiro atoms. The van der Waals surface area contributed by atoms with Crippen LogP contribution in [0.4, 0.5) is 0 Å². The van der Waals surface area contributed by atoms with Crippen molar-refractivity contribution in [2.24, 2.45) is 11.8 Å². The average molecular weight is 286 g/mol. The fourth-order valence-electron chi connectivity index (χ4n) is 4.59. The summed E-state index contributed by atoms with van der Waals surface area (Å²) in [5.41, 5.74) is 3.24. The predicted octanol–water partition coefficient (Wildman–Crippen LogP) is 3.63. The van der Waals surface area contributed by atoms with Crippen LogP contribution in [0.2, 0.25) is 0 Å². The maximum absolute atomic E-state index is 3.59. The highest BCUT2D eigenvalue weighted by Crippen LogP contribution is 2.45. The van der Waals surface area contributed by atoms with E-state index in [1.807, 2.05) is 0 Å². The van der Waals surface area contributed by atoms with E-state index in [2.05, 4.69) is 62.2 Å². The van der Waals surface area contributed by atoms with E-state index in [0.717, 1.165) is 18.3 Å². The fourth-order valence-corrected chi connectivity index (χ4v) is 4.59. The monoisotopic (exact) mass is 286 g/mol. The summed E-state index contributed by atoms with van der Waals surface area (Å²) in [6, 6.07) is 9.90. The van der Waals surface area contributed by atoms with Crippen LogP contribution in [0, 0.1) is 11.8 Å². The maximum atomic E-state index is 3.59. The number of benzene rings is 1. The fraction of sp³-hybridized carbons (Fsp3) is 0.684. The van der Waals surface area contributed by atoms with Gasteiger partial charge in [-0.3, -0.25) is 4.90 Å². The molecule has 2 aliphatic rings. The zero-order valence-electron chi connectivity index (χ0n) is 14.0. The van der Waals surface area contributed by atoms with Crippen molar-refractivity contribution in [2.75, 3.05) is 19.6 Å². The second kappa shape index (κ2) is 5.73. The normalized spacial score (nSPS) is 29.5. The number of likely N-dealkylation sites (tertiary alicyclic amines) is 1. The van der Waals surface area contributed by atoms with Gasteiger partial charge in [-0.2, -0.15) is 0 Å². The van der Waals surface area contributed by atoms with Crippen molar-refractivity contribution >= 4 is 0 Å². The SMILES string of the molecule is CCc1ccc(C(CC)N2CC3CNCC3C2(C)C)cc1. The Hall–Kier alpha value is -0.860. The van der Waals surface area contributed by atoms with Crippen LogP contribution in [0.1, 0.15) is 51.3 Å². The lowest BCUT2D eigenvalue weighted by Gasteiger charge is -2.41. The van der Waals surface area contributed by atoms with Crippen molar-refractivity contribution in [1.82, 2.24) is 10.2 Å². The molecule has 0 aromatic heterocycles. The van der Waals surface area contributed by atoms with E-state index in [1.54, 1.807) is 0 Å². The summed E-state index contributed by atoms with van der Waals surface area (Å²) in [5.74, 6) is 1.64. The molecule has 2 heterocycles. The minimum Gasteiger partial charge on any atom is -0.316 e. The van der Waals surface area contributed by atoms with E-state index < -0.39 is 0 Å². The third-order valence-corrected chi connectivity index (χ3v) is 5.95. The molecule has 1 aromatic carbocycles. The molecule has 21 heavy (non-hydrogen) atoms. The maximum Gasteiger partial charge on any atom is 0.0351 e. The molecular weight excluding hydrogens is 256 g/mol. The Bertz CT molecular complexity index is 477. The summed E-state index contributed by atoms with van der Waals surface area (Å²) in [5, 5.41) is 3.59. The minimum atomic E-state index is 0.304. The smallest absolute Gasteiger partial charge is 0.0351 e. The summed E-state index contributed by atoms with van der Waals surface area (Å²) in [6.45, 7) is 13.1. The van der Waals surface area contributed by atoms with Crippen molar-refractivity contribution in [3.63, 3.8) is 0 Å². The van der Waals surface area contributed by atoms with Crippen molar-refractivity contribution in [3.05, 3.63) is 35.4 Å².